The minimum atomic E-state index is -0.122. The summed E-state index contributed by atoms with van der Waals surface area (Å²) in [6.45, 7) is 8.18. The van der Waals surface area contributed by atoms with Gasteiger partial charge >= 0.3 is 0 Å². The van der Waals surface area contributed by atoms with Gasteiger partial charge in [0.25, 0.3) is 0 Å². The number of nitrogens with one attached hydrogen (secondary N) is 2. The lowest BCUT2D eigenvalue weighted by Gasteiger charge is -2.24. The number of aromatic nitrogens is 1. The second kappa shape index (κ2) is 6.16. The molecule has 0 aliphatic rings. The third kappa shape index (κ3) is 3.99. The zero-order valence-corrected chi connectivity index (χ0v) is 14.7. The SMILES string of the molecule is CC(=O)c1cc2cc(C(C)(C)C)c(NC(=O)CN(C)C)cc2[nH]1. The standard InChI is InChI=1S/C18H25N3O2/c1-11(22)14-8-12-7-13(18(2,3)4)16(9-15(12)19-14)20-17(23)10-21(5)6/h7-9,19H,10H2,1-6H3,(H,20,23). The molecule has 0 unspecified atom stereocenters. The number of carbonyl (C=O) groups is 2. The van der Waals surface area contributed by atoms with Gasteiger partial charge in [0.05, 0.1) is 12.2 Å². The number of fused-ring (bicyclic) bond motifs is 1. The predicted octanol–water partition coefficient (Wildman–Crippen LogP) is 3.17. The van der Waals surface area contributed by atoms with Gasteiger partial charge in [0, 0.05) is 23.5 Å². The Morgan fingerprint density at radius 3 is 2.35 bits per heavy atom. The van der Waals surface area contributed by atoms with E-state index in [0.29, 0.717) is 12.2 Å². The van der Waals surface area contributed by atoms with E-state index in [0.717, 1.165) is 22.2 Å². The Kier molecular flexibility index (Phi) is 4.61. The van der Waals surface area contributed by atoms with Gasteiger partial charge < -0.3 is 15.2 Å². The highest BCUT2D eigenvalue weighted by Gasteiger charge is 2.21. The highest BCUT2D eigenvalue weighted by atomic mass is 16.2. The van der Waals surface area contributed by atoms with Crippen molar-refractivity contribution in [2.75, 3.05) is 26.0 Å². The van der Waals surface area contributed by atoms with Crippen LogP contribution in [0, 0.1) is 0 Å². The van der Waals surface area contributed by atoms with Gasteiger partial charge in [-0.2, -0.15) is 0 Å². The third-order valence-electron chi connectivity index (χ3n) is 3.68. The first-order chi connectivity index (χ1) is 10.6. The minimum Gasteiger partial charge on any atom is -0.352 e. The van der Waals surface area contributed by atoms with E-state index in [-0.39, 0.29) is 17.1 Å². The number of rotatable bonds is 4. The number of aromatic amines is 1. The topological polar surface area (TPSA) is 65.2 Å². The first-order valence-corrected chi connectivity index (χ1v) is 7.70. The summed E-state index contributed by atoms with van der Waals surface area (Å²) in [6.07, 6.45) is 0. The molecule has 1 aromatic heterocycles. The maximum Gasteiger partial charge on any atom is 0.238 e. The van der Waals surface area contributed by atoms with Crippen molar-refractivity contribution in [3.05, 3.63) is 29.5 Å². The van der Waals surface area contributed by atoms with E-state index in [4.69, 9.17) is 0 Å². The van der Waals surface area contributed by atoms with Crippen molar-refractivity contribution >= 4 is 28.3 Å². The summed E-state index contributed by atoms with van der Waals surface area (Å²) < 4.78 is 0. The summed E-state index contributed by atoms with van der Waals surface area (Å²) in [5, 5.41) is 3.97. The number of benzene rings is 1. The molecular formula is C18H25N3O2. The van der Waals surface area contributed by atoms with Crippen LogP contribution in [-0.4, -0.2) is 42.2 Å². The number of nitrogens with zero attached hydrogens (tertiary/aromatic N) is 1. The molecule has 2 N–H and O–H groups in total. The number of hydrogen-bond donors (Lipinski definition) is 2. The van der Waals surface area contributed by atoms with Crippen LogP contribution in [0.1, 0.15) is 43.7 Å². The average Bonchev–Trinajstić information content (AvgIpc) is 2.78. The second-order valence-electron chi connectivity index (χ2n) is 7.26. The normalized spacial score (nSPS) is 12.0. The van der Waals surface area contributed by atoms with Crippen LogP contribution in [0.3, 0.4) is 0 Å². The lowest BCUT2D eigenvalue weighted by Crippen LogP contribution is -2.28. The van der Waals surface area contributed by atoms with Crippen molar-refractivity contribution in [3.63, 3.8) is 0 Å². The number of anilines is 1. The average molecular weight is 315 g/mol. The van der Waals surface area contributed by atoms with Crippen LogP contribution in [0.5, 0.6) is 0 Å². The smallest absolute Gasteiger partial charge is 0.238 e. The van der Waals surface area contributed by atoms with Crippen LogP contribution in [-0.2, 0) is 10.2 Å². The zero-order chi connectivity index (χ0) is 17.4. The van der Waals surface area contributed by atoms with Gasteiger partial charge in [-0.1, -0.05) is 20.8 Å². The molecule has 2 rings (SSSR count). The summed E-state index contributed by atoms with van der Waals surface area (Å²) >= 11 is 0. The molecule has 0 saturated carbocycles. The van der Waals surface area contributed by atoms with E-state index in [9.17, 15) is 9.59 Å². The predicted molar refractivity (Wildman–Crippen MR) is 94.2 cm³/mol. The number of Topliss-reactive ketones (excluding diaryl/α,β-unsaturated/α-hetero) is 1. The van der Waals surface area contributed by atoms with E-state index in [1.54, 1.807) is 0 Å². The van der Waals surface area contributed by atoms with Gasteiger partial charge in [-0.15, -0.1) is 0 Å². The molecule has 0 saturated heterocycles. The van der Waals surface area contributed by atoms with Crippen LogP contribution in [0.15, 0.2) is 18.2 Å². The molecule has 5 heteroatoms. The van der Waals surface area contributed by atoms with Crippen molar-refractivity contribution in [3.8, 4) is 0 Å². The van der Waals surface area contributed by atoms with Crippen molar-refractivity contribution in [2.24, 2.45) is 0 Å². The summed E-state index contributed by atoms with van der Waals surface area (Å²) in [5.41, 5.74) is 3.14. The first-order valence-electron chi connectivity index (χ1n) is 7.70. The fourth-order valence-corrected chi connectivity index (χ4v) is 2.57. The highest BCUT2D eigenvalue weighted by Crippen LogP contribution is 2.33. The van der Waals surface area contributed by atoms with Crippen LogP contribution < -0.4 is 5.32 Å². The molecule has 23 heavy (non-hydrogen) atoms. The van der Waals surface area contributed by atoms with Crippen LogP contribution in [0.4, 0.5) is 5.69 Å². The van der Waals surface area contributed by atoms with Gasteiger partial charge in [0.2, 0.25) is 5.91 Å². The molecule has 0 spiro atoms. The third-order valence-corrected chi connectivity index (χ3v) is 3.68. The van der Waals surface area contributed by atoms with E-state index >= 15 is 0 Å². The van der Waals surface area contributed by atoms with Crippen LogP contribution in [0.2, 0.25) is 0 Å². The molecule has 1 aromatic carbocycles. The number of likely N-dealkylation sites (N-methyl/N-ethyl adjacent to an activating group) is 1. The molecule has 0 atom stereocenters. The van der Waals surface area contributed by atoms with Gasteiger partial charge in [-0.3, -0.25) is 9.59 Å². The van der Waals surface area contributed by atoms with Gasteiger partial charge in [0.15, 0.2) is 5.78 Å². The maximum absolute atomic E-state index is 12.1. The Labute approximate surface area is 137 Å². The summed E-state index contributed by atoms with van der Waals surface area (Å²) in [5.74, 6) is -0.0603. The number of ketones is 1. The van der Waals surface area contributed by atoms with E-state index < -0.39 is 0 Å². The zero-order valence-electron chi connectivity index (χ0n) is 14.7. The highest BCUT2D eigenvalue weighted by molar-refractivity contribution is 6.00. The summed E-state index contributed by atoms with van der Waals surface area (Å²) in [4.78, 5) is 28.7. The van der Waals surface area contributed by atoms with Crippen LogP contribution >= 0.6 is 0 Å². The molecular weight excluding hydrogens is 290 g/mol. The van der Waals surface area contributed by atoms with Gasteiger partial charge in [-0.05, 0) is 43.3 Å². The number of amides is 1. The van der Waals surface area contributed by atoms with E-state index in [2.05, 4.69) is 31.1 Å². The number of hydrogen-bond acceptors (Lipinski definition) is 3. The number of carbonyl (C=O) groups excluding carboxylic acids is 2. The van der Waals surface area contributed by atoms with Crippen molar-refractivity contribution in [1.29, 1.82) is 0 Å². The van der Waals surface area contributed by atoms with E-state index in [1.807, 2.05) is 37.2 Å². The molecule has 124 valence electrons. The Morgan fingerprint density at radius 1 is 1.17 bits per heavy atom. The largest absolute Gasteiger partial charge is 0.352 e. The van der Waals surface area contributed by atoms with Crippen molar-refractivity contribution in [2.45, 2.75) is 33.1 Å². The Hall–Kier alpha value is -2.14. The molecule has 2 aromatic rings. The van der Waals surface area contributed by atoms with E-state index in [1.165, 1.54) is 6.92 Å². The molecule has 5 nitrogen and oxygen atoms in total. The fraction of sp³-hybridized carbons (Fsp3) is 0.444. The monoisotopic (exact) mass is 315 g/mol. The molecule has 1 amide bonds. The Balaban J connectivity index is 2.51. The second-order valence-corrected chi connectivity index (χ2v) is 7.26. The van der Waals surface area contributed by atoms with Crippen molar-refractivity contribution < 1.29 is 9.59 Å². The molecule has 0 aliphatic carbocycles. The lowest BCUT2D eigenvalue weighted by atomic mass is 9.85. The first kappa shape index (κ1) is 17.2. The Bertz CT molecular complexity index is 751. The lowest BCUT2D eigenvalue weighted by molar-refractivity contribution is -0.116. The van der Waals surface area contributed by atoms with Gasteiger partial charge in [-0.25, -0.2) is 0 Å². The number of H-pyrrole nitrogens is 1. The fourth-order valence-electron chi connectivity index (χ4n) is 2.57. The molecule has 0 fully saturated rings. The summed E-state index contributed by atoms with van der Waals surface area (Å²) in [6, 6.07) is 5.82. The molecule has 0 aliphatic heterocycles. The summed E-state index contributed by atoms with van der Waals surface area (Å²) in [7, 11) is 3.72. The minimum absolute atomic E-state index is 0.00305. The molecule has 0 bridgehead atoms. The Morgan fingerprint density at radius 2 is 1.83 bits per heavy atom. The maximum atomic E-state index is 12.1. The van der Waals surface area contributed by atoms with Gasteiger partial charge in [0.1, 0.15) is 0 Å². The molecule has 0 radical (unpaired) electrons. The molecule has 1 heterocycles. The quantitative estimate of drug-likeness (QED) is 0.852. The van der Waals surface area contributed by atoms with Crippen LogP contribution in [0.25, 0.3) is 10.9 Å². The van der Waals surface area contributed by atoms with Crippen molar-refractivity contribution in [1.82, 2.24) is 9.88 Å².